The summed E-state index contributed by atoms with van der Waals surface area (Å²) in [6.07, 6.45) is 0. The van der Waals surface area contributed by atoms with Gasteiger partial charge in [0.2, 0.25) is 0 Å². The maximum atomic E-state index is 11.3. The SMILES string of the molecule is N=C1c2ccc(N3CCNCC3)cc2N[N+]1=O. The zero-order chi connectivity index (χ0) is 11.8. The average molecular weight is 232 g/mol. The average Bonchev–Trinajstić information content (AvgIpc) is 2.66. The van der Waals surface area contributed by atoms with E-state index in [0.29, 0.717) is 10.4 Å². The van der Waals surface area contributed by atoms with E-state index in [0.717, 1.165) is 37.6 Å². The summed E-state index contributed by atoms with van der Waals surface area (Å²) in [6.45, 7) is 3.90. The highest BCUT2D eigenvalue weighted by molar-refractivity contribution is 5.99. The lowest BCUT2D eigenvalue weighted by molar-refractivity contribution is -0.388. The molecule has 6 heteroatoms. The summed E-state index contributed by atoms with van der Waals surface area (Å²) in [4.78, 5) is 14.0. The van der Waals surface area contributed by atoms with Crippen LogP contribution in [0.2, 0.25) is 0 Å². The highest BCUT2D eigenvalue weighted by Gasteiger charge is 2.31. The van der Waals surface area contributed by atoms with Crippen molar-refractivity contribution in [3.63, 3.8) is 0 Å². The number of amidine groups is 1. The van der Waals surface area contributed by atoms with Crippen LogP contribution in [0.3, 0.4) is 0 Å². The molecule has 17 heavy (non-hydrogen) atoms. The summed E-state index contributed by atoms with van der Waals surface area (Å²) in [5, 5.41) is 10.9. The van der Waals surface area contributed by atoms with Crippen molar-refractivity contribution in [1.82, 2.24) is 5.32 Å². The molecule has 0 aliphatic carbocycles. The van der Waals surface area contributed by atoms with E-state index in [-0.39, 0.29) is 5.84 Å². The summed E-state index contributed by atoms with van der Waals surface area (Å²) < 4.78 is 0. The van der Waals surface area contributed by atoms with Gasteiger partial charge in [0.1, 0.15) is 5.56 Å². The van der Waals surface area contributed by atoms with Gasteiger partial charge in [-0.15, -0.1) is 0 Å². The number of hydrogen-bond donors (Lipinski definition) is 3. The van der Waals surface area contributed by atoms with Crippen molar-refractivity contribution in [3.05, 3.63) is 28.7 Å². The van der Waals surface area contributed by atoms with Gasteiger partial charge in [-0.25, -0.2) is 0 Å². The number of benzene rings is 1. The second-order valence-electron chi connectivity index (χ2n) is 4.22. The Morgan fingerprint density at radius 2 is 2.06 bits per heavy atom. The molecule has 6 nitrogen and oxygen atoms in total. The molecular formula is C11H14N5O+. The van der Waals surface area contributed by atoms with Gasteiger partial charge in [0, 0.05) is 31.9 Å². The second-order valence-corrected chi connectivity index (χ2v) is 4.22. The van der Waals surface area contributed by atoms with E-state index in [9.17, 15) is 4.91 Å². The molecule has 0 saturated carbocycles. The Labute approximate surface area is 98.7 Å². The highest BCUT2D eigenvalue weighted by atomic mass is 16.3. The zero-order valence-corrected chi connectivity index (χ0v) is 9.36. The van der Waals surface area contributed by atoms with Gasteiger partial charge in [-0.2, -0.15) is 5.43 Å². The standard InChI is InChI=1S/C11H14N5O/c12-11-9-2-1-8(7-10(9)14-16(11)17)15-5-3-13-4-6-15/h1-2,7,13H,3-6H2,(H2,12,14,17)/q+1. The maximum absolute atomic E-state index is 11.3. The van der Waals surface area contributed by atoms with Crippen molar-refractivity contribution in [2.24, 2.45) is 0 Å². The molecular weight excluding hydrogens is 218 g/mol. The number of hydrazine groups is 1. The number of anilines is 2. The van der Waals surface area contributed by atoms with Crippen LogP contribution in [0.1, 0.15) is 5.56 Å². The van der Waals surface area contributed by atoms with Gasteiger partial charge in [0.15, 0.2) is 0 Å². The van der Waals surface area contributed by atoms with Gasteiger partial charge >= 0.3 is 5.84 Å². The van der Waals surface area contributed by atoms with E-state index in [2.05, 4.69) is 15.6 Å². The Hall–Kier alpha value is -1.95. The van der Waals surface area contributed by atoms with Gasteiger partial charge in [0.25, 0.3) is 0 Å². The van der Waals surface area contributed by atoms with Crippen molar-refractivity contribution in [3.8, 4) is 0 Å². The number of nitrogens with one attached hydrogen (secondary N) is 3. The third-order valence-electron chi connectivity index (χ3n) is 3.17. The third-order valence-corrected chi connectivity index (χ3v) is 3.17. The lowest BCUT2D eigenvalue weighted by atomic mass is 10.1. The molecule has 1 aromatic carbocycles. The Balaban J connectivity index is 1.92. The van der Waals surface area contributed by atoms with Crippen LogP contribution in [-0.2, 0) is 0 Å². The molecule has 0 amide bonds. The van der Waals surface area contributed by atoms with E-state index in [4.69, 9.17) is 5.41 Å². The number of fused-ring (bicyclic) bond motifs is 1. The summed E-state index contributed by atoms with van der Waals surface area (Å²) >= 11 is 0. The van der Waals surface area contributed by atoms with E-state index >= 15 is 0 Å². The van der Waals surface area contributed by atoms with Crippen LogP contribution in [0.5, 0.6) is 0 Å². The lowest BCUT2D eigenvalue weighted by Crippen LogP contribution is -2.43. The first-order chi connectivity index (χ1) is 8.25. The smallest absolute Gasteiger partial charge is 0.369 e. The lowest BCUT2D eigenvalue weighted by Gasteiger charge is -2.29. The predicted octanol–water partition coefficient (Wildman–Crippen LogP) is 0.541. The van der Waals surface area contributed by atoms with E-state index in [1.165, 1.54) is 0 Å². The first-order valence-corrected chi connectivity index (χ1v) is 5.68. The molecule has 2 heterocycles. The summed E-state index contributed by atoms with van der Waals surface area (Å²) in [5.41, 5.74) is 5.12. The molecule has 0 atom stereocenters. The van der Waals surface area contributed by atoms with Crippen molar-refractivity contribution >= 4 is 17.2 Å². The number of nitrogens with zero attached hydrogens (tertiary/aromatic N) is 2. The van der Waals surface area contributed by atoms with Gasteiger partial charge in [-0.1, -0.05) is 5.41 Å². The molecule has 1 aromatic rings. The highest BCUT2D eigenvalue weighted by Crippen LogP contribution is 2.28. The number of nitroso groups, excluding NO2 is 1. The molecule has 2 aliphatic heterocycles. The minimum absolute atomic E-state index is 0.0214. The minimum Gasteiger partial charge on any atom is -0.369 e. The Kier molecular flexibility index (Phi) is 2.29. The monoisotopic (exact) mass is 232 g/mol. The third kappa shape index (κ3) is 1.66. The van der Waals surface area contributed by atoms with Crippen molar-refractivity contribution < 1.29 is 4.87 Å². The molecule has 1 saturated heterocycles. The van der Waals surface area contributed by atoms with Gasteiger partial charge in [-0.05, 0) is 23.1 Å². The maximum Gasteiger partial charge on any atom is 0.390 e. The van der Waals surface area contributed by atoms with Crippen LogP contribution in [0.4, 0.5) is 11.4 Å². The van der Waals surface area contributed by atoms with Gasteiger partial charge in [-0.3, -0.25) is 0 Å². The van der Waals surface area contributed by atoms with Crippen LogP contribution < -0.4 is 15.6 Å². The van der Waals surface area contributed by atoms with E-state index < -0.39 is 0 Å². The molecule has 0 radical (unpaired) electrons. The van der Waals surface area contributed by atoms with Gasteiger partial charge in [0.05, 0.1) is 10.6 Å². The van der Waals surface area contributed by atoms with Crippen molar-refractivity contribution in [1.29, 1.82) is 5.41 Å². The van der Waals surface area contributed by atoms with Crippen LogP contribution in [0.15, 0.2) is 18.2 Å². The fraction of sp³-hybridized carbons (Fsp3) is 0.364. The molecule has 0 aromatic heterocycles. The molecule has 0 spiro atoms. The van der Waals surface area contributed by atoms with Crippen molar-refractivity contribution in [2.45, 2.75) is 0 Å². The molecule has 0 unspecified atom stereocenters. The quantitative estimate of drug-likeness (QED) is 0.618. The molecule has 3 rings (SSSR count). The Morgan fingerprint density at radius 1 is 1.29 bits per heavy atom. The minimum atomic E-state index is -0.0214. The van der Waals surface area contributed by atoms with Crippen molar-refractivity contribution in [2.75, 3.05) is 36.5 Å². The molecule has 3 N–H and O–H groups in total. The van der Waals surface area contributed by atoms with Crippen LogP contribution in [-0.4, -0.2) is 36.9 Å². The first kappa shape index (κ1) is 10.2. The van der Waals surface area contributed by atoms with Crippen LogP contribution >= 0.6 is 0 Å². The molecule has 88 valence electrons. The predicted molar refractivity (Wildman–Crippen MR) is 65.6 cm³/mol. The summed E-state index contributed by atoms with van der Waals surface area (Å²) in [6, 6.07) is 5.74. The number of rotatable bonds is 1. The van der Waals surface area contributed by atoms with E-state index in [1.54, 1.807) is 0 Å². The Bertz CT molecular complexity index is 493. The molecule has 1 fully saturated rings. The first-order valence-electron chi connectivity index (χ1n) is 5.68. The topological polar surface area (TPSA) is 71.2 Å². The molecule has 0 bridgehead atoms. The zero-order valence-electron chi connectivity index (χ0n) is 9.36. The summed E-state index contributed by atoms with van der Waals surface area (Å²) in [5.74, 6) is -0.0214. The fourth-order valence-electron chi connectivity index (χ4n) is 2.23. The van der Waals surface area contributed by atoms with Gasteiger partial charge < -0.3 is 10.2 Å². The largest absolute Gasteiger partial charge is 0.390 e. The summed E-state index contributed by atoms with van der Waals surface area (Å²) in [7, 11) is 0. The number of hydrogen-bond acceptors (Lipinski definition) is 4. The van der Waals surface area contributed by atoms with E-state index in [1.807, 2.05) is 18.2 Å². The number of piperazine rings is 1. The fourth-order valence-corrected chi connectivity index (χ4v) is 2.23. The normalized spacial score (nSPS) is 19.2. The second kappa shape index (κ2) is 3.81. The molecule has 2 aliphatic rings. The van der Waals surface area contributed by atoms with Crippen LogP contribution in [0, 0.1) is 10.3 Å². The van der Waals surface area contributed by atoms with Crippen LogP contribution in [0.25, 0.3) is 0 Å². The Morgan fingerprint density at radius 3 is 2.82 bits per heavy atom.